The maximum absolute atomic E-state index is 12.8. The lowest BCUT2D eigenvalue weighted by molar-refractivity contribution is -0.142. The first-order valence-electron chi connectivity index (χ1n) is 9.66. The van der Waals surface area contributed by atoms with Crippen molar-refractivity contribution in [3.05, 3.63) is 29.8 Å². The minimum Gasteiger partial charge on any atom is -0.493 e. The fourth-order valence-electron chi connectivity index (χ4n) is 2.93. The van der Waals surface area contributed by atoms with E-state index < -0.39 is 0 Å². The van der Waals surface area contributed by atoms with Gasteiger partial charge in [-0.25, -0.2) is 0 Å². The Kier molecular flexibility index (Phi) is 8.58. The molecular weight excluding hydrogens is 346 g/mol. The van der Waals surface area contributed by atoms with Crippen molar-refractivity contribution in [2.45, 2.75) is 45.6 Å². The van der Waals surface area contributed by atoms with E-state index in [1.54, 1.807) is 4.90 Å². The lowest BCUT2D eigenvalue weighted by Crippen LogP contribution is -2.39. The van der Waals surface area contributed by atoms with Gasteiger partial charge in [-0.2, -0.15) is 0 Å². The fourth-order valence-corrected chi connectivity index (χ4v) is 2.93. The van der Waals surface area contributed by atoms with Gasteiger partial charge in [0.05, 0.1) is 32.7 Å². The number of carbonyl (C=O) groups excluding carboxylic acids is 2. The number of methoxy groups -OCH3 is 1. The molecule has 2 rings (SSSR count). The molecule has 6 nitrogen and oxygen atoms in total. The van der Waals surface area contributed by atoms with Gasteiger partial charge in [-0.15, -0.1) is 0 Å². The molecule has 1 saturated heterocycles. The van der Waals surface area contributed by atoms with Crippen LogP contribution in [0.1, 0.15) is 38.7 Å². The van der Waals surface area contributed by atoms with Gasteiger partial charge < -0.3 is 19.1 Å². The second kappa shape index (κ2) is 10.9. The summed E-state index contributed by atoms with van der Waals surface area (Å²) in [5.41, 5.74) is 0.923. The van der Waals surface area contributed by atoms with Crippen LogP contribution in [0, 0.1) is 5.92 Å². The highest BCUT2D eigenvalue weighted by atomic mass is 16.5. The SMILES string of the molecule is COC(=O)CCN(C[C@@H]1CCCO1)C(=O)Cc1ccc(OCC(C)C)cc1. The molecule has 0 bridgehead atoms. The van der Waals surface area contributed by atoms with Crippen molar-refractivity contribution >= 4 is 11.9 Å². The number of nitrogens with zero attached hydrogens (tertiary/aromatic N) is 1. The summed E-state index contributed by atoms with van der Waals surface area (Å²) in [5, 5.41) is 0. The highest BCUT2D eigenvalue weighted by Gasteiger charge is 2.23. The average Bonchev–Trinajstić information content (AvgIpc) is 3.17. The Hall–Kier alpha value is -2.08. The van der Waals surface area contributed by atoms with Gasteiger partial charge in [0.15, 0.2) is 0 Å². The Balaban J connectivity index is 1.93. The van der Waals surface area contributed by atoms with Crippen LogP contribution in [0.25, 0.3) is 0 Å². The maximum atomic E-state index is 12.8. The van der Waals surface area contributed by atoms with Crippen LogP contribution < -0.4 is 4.74 Å². The van der Waals surface area contributed by atoms with Crippen molar-refractivity contribution in [2.24, 2.45) is 5.92 Å². The summed E-state index contributed by atoms with van der Waals surface area (Å²) >= 11 is 0. The second-order valence-electron chi connectivity index (χ2n) is 7.33. The molecule has 1 aromatic carbocycles. The zero-order chi connectivity index (χ0) is 19.6. The van der Waals surface area contributed by atoms with Crippen molar-refractivity contribution in [3.8, 4) is 5.75 Å². The molecule has 1 aromatic rings. The van der Waals surface area contributed by atoms with E-state index >= 15 is 0 Å². The molecule has 1 amide bonds. The molecule has 0 aliphatic carbocycles. The average molecular weight is 377 g/mol. The lowest BCUT2D eigenvalue weighted by atomic mass is 10.1. The van der Waals surface area contributed by atoms with Crippen molar-refractivity contribution in [1.82, 2.24) is 4.90 Å². The zero-order valence-electron chi connectivity index (χ0n) is 16.6. The maximum Gasteiger partial charge on any atom is 0.307 e. The number of esters is 1. The number of rotatable bonds is 10. The quantitative estimate of drug-likeness (QED) is 0.587. The number of benzene rings is 1. The van der Waals surface area contributed by atoms with E-state index in [4.69, 9.17) is 14.2 Å². The molecule has 1 aliphatic heterocycles. The third-order valence-electron chi connectivity index (χ3n) is 4.48. The van der Waals surface area contributed by atoms with Crippen LogP contribution in [0.15, 0.2) is 24.3 Å². The van der Waals surface area contributed by atoms with Crippen LogP contribution in [-0.2, 0) is 25.5 Å². The van der Waals surface area contributed by atoms with Crippen LogP contribution in [0.2, 0.25) is 0 Å². The number of amides is 1. The normalized spacial score (nSPS) is 16.4. The van der Waals surface area contributed by atoms with E-state index in [1.807, 2.05) is 24.3 Å². The summed E-state index contributed by atoms with van der Waals surface area (Å²) in [4.78, 5) is 26.0. The van der Waals surface area contributed by atoms with Crippen molar-refractivity contribution in [2.75, 3.05) is 33.4 Å². The number of hydrogen-bond acceptors (Lipinski definition) is 5. The molecule has 0 saturated carbocycles. The Labute approximate surface area is 161 Å². The predicted molar refractivity (Wildman–Crippen MR) is 103 cm³/mol. The van der Waals surface area contributed by atoms with Crippen LogP contribution >= 0.6 is 0 Å². The minimum atomic E-state index is -0.313. The van der Waals surface area contributed by atoms with Gasteiger partial charge in [-0.05, 0) is 36.5 Å². The Morgan fingerprint density at radius 1 is 1.26 bits per heavy atom. The second-order valence-corrected chi connectivity index (χ2v) is 7.33. The molecule has 27 heavy (non-hydrogen) atoms. The molecule has 1 fully saturated rings. The molecule has 0 N–H and O–H groups in total. The van der Waals surface area contributed by atoms with Gasteiger partial charge in [0.2, 0.25) is 5.91 Å². The lowest BCUT2D eigenvalue weighted by Gasteiger charge is -2.25. The van der Waals surface area contributed by atoms with E-state index in [-0.39, 0.29) is 24.4 Å². The molecular formula is C21H31NO5. The molecule has 0 unspecified atom stereocenters. The zero-order valence-corrected chi connectivity index (χ0v) is 16.6. The summed E-state index contributed by atoms with van der Waals surface area (Å²) in [6.45, 7) is 6.48. The Bertz CT molecular complexity index is 593. The highest BCUT2D eigenvalue weighted by molar-refractivity contribution is 5.79. The van der Waals surface area contributed by atoms with Crippen LogP contribution in [0.3, 0.4) is 0 Å². The summed E-state index contributed by atoms with van der Waals surface area (Å²) in [6.07, 6.45) is 2.50. The number of hydrogen-bond donors (Lipinski definition) is 0. The predicted octanol–water partition coefficient (Wildman–Crippen LogP) is 2.83. The molecule has 0 spiro atoms. The van der Waals surface area contributed by atoms with E-state index in [0.29, 0.717) is 32.0 Å². The van der Waals surface area contributed by atoms with Gasteiger partial charge in [0, 0.05) is 19.7 Å². The molecule has 1 atom stereocenters. The first kappa shape index (κ1) is 21.2. The molecule has 0 radical (unpaired) electrons. The molecule has 1 aliphatic rings. The minimum absolute atomic E-state index is 0.00903. The molecule has 0 aromatic heterocycles. The summed E-state index contributed by atoms with van der Waals surface area (Å²) < 4.78 is 16.0. The highest BCUT2D eigenvalue weighted by Crippen LogP contribution is 2.17. The molecule has 6 heteroatoms. The standard InChI is InChI=1S/C21H31NO5/c1-16(2)15-27-18-8-6-17(7-9-18)13-20(23)22(11-10-21(24)25-3)14-19-5-4-12-26-19/h6-9,16,19H,4-5,10-15H2,1-3H3/t19-/m0/s1. The van der Waals surface area contributed by atoms with Crippen LogP contribution in [0.5, 0.6) is 5.75 Å². The fraction of sp³-hybridized carbons (Fsp3) is 0.619. The molecule has 150 valence electrons. The van der Waals surface area contributed by atoms with Gasteiger partial charge in [-0.3, -0.25) is 9.59 Å². The number of ether oxygens (including phenoxy) is 3. The van der Waals surface area contributed by atoms with Crippen LogP contribution in [-0.4, -0.2) is 56.3 Å². The Morgan fingerprint density at radius 2 is 2.00 bits per heavy atom. The van der Waals surface area contributed by atoms with Gasteiger partial charge >= 0.3 is 5.97 Å². The van der Waals surface area contributed by atoms with E-state index in [0.717, 1.165) is 30.8 Å². The van der Waals surface area contributed by atoms with E-state index in [1.165, 1.54) is 7.11 Å². The summed E-state index contributed by atoms with van der Waals surface area (Å²) in [6, 6.07) is 7.62. The largest absolute Gasteiger partial charge is 0.493 e. The van der Waals surface area contributed by atoms with Gasteiger partial charge in [0.1, 0.15) is 5.75 Å². The third kappa shape index (κ3) is 7.59. The van der Waals surface area contributed by atoms with Gasteiger partial charge in [0.25, 0.3) is 0 Å². The summed E-state index contributed by atoms with van der Waals surface area (Å²) in [5.74, 6) is 0.950. The monoisotopic (exact) mass is 377 g/mol. The van der Waals surface area contributed by atoms with E-state index in [2.05, 4.69) is 13.8 Å². The van der Waals surface area contributed by atoms with Crippen LogP contribution in [0.4, 0.5) is 0 Å². The first-order valence-corrected chi connectivity index (χ1v) is 9.66. The van der Waals surface area contributed by atoms with E-state index in [9.17, 15) is 9.59 Å². The molecule has 1 heterocycles. The first-order chi connectivity index (χ1) is 13.0. The number of carbonyl (C=O) groups is 2. The Morgan fingerprint density at radius 3 is 2.59 bits per heavy atom. The van der Waals surface area contributed by atoms with Gasteiger partial charge in [-0.1, -0.05) is 26.0 Å². The topological polar surface area (TPSA) is 65.1 Å². The van der Waals surface area contributed by atoms with Crippen molar-refractivity contribution in [1.29, 1.82) is 0 Å². The van der Waals surface area contributed by atoms with Crippen molar-refractivity contribution in [3.63, 3.8) is 0 Å². The van der Waals surface area contributed by atoms with Crippen molar-refractivity contribution < 1.29 is 23.8 Å². The third-order valence-corrected chi connectivity index (χ3v) is 4.48. The smallest absolute Gasteiger partial charge is 0.307 e. The summed E-state index contributed by atoms with van der Waals surface area (Å²) in [7, 11) is 1.36.